The number of ether oxygens (including phenoxy) is 1. The van der Waals surface area contributed by atoms with E-state index in [1.165, 1.54) is 44.9 Å². The summed E-state index contributed by atoms with van der Waals surface area (Å²) in [6.07, 6.45) is 12.6. The molecule has 1 aliphatic rings. The highest BCUT2D eigenvalue weighted by molar-refractivity contribution is 4.93. The van der Waals surface area contributed by atoms with Crippen molar-refractivity contribution in [1.29, 1.82) is 5.26 Å². The highest BCUT2D eigenvalue weighted by Crippen LogP contribution is 2.32. The summed E-state index contributed by atoms with van der Waals surface area (Å²) in [5.74, 6) is 0.919. The summed E-state index contributed by atoms with van der Waals surface area (Å²) in [4.78, 5) is 0. The van der Waals surface area contributed by atoms with Crippen LogP contribution in [0.25, 0.3) is 0 Å². The molecule has 0 heterocycles. The van der Waals surface area contributed by atoms with Crippen LogP contribution in [0.15, 0.2) is 0 Å². The van der Waals surface area contributed by atoms with E-state index in [1.54, 1.807) is 0 Å². The fourth-order valence-electron chi connectivity index (χ4n) is 3.03. The Hall–Kier alpha value is -0.550. The second kappa shape index (κ2) is 10.3. The molecule has 0 N–H and O–H groups in total. The van der Waals surface area contributed by atoms with Gasteiger partial charge in [-0.25, -0.2) is 0 Å². The fourth-order valence-corrected chi connectivity index (χ4v) is 3.03. The quantitative estimate of drug-likeness (QED) is 0.544. The summed E-state index contributed by atoms with van der Waals surface area (Å²) in [6.45, 7) is 5.35. The Morgan fingerprint density at radius 3 is 2.47 bits per heavy atom. The molecule has 3 unspecified atom stereocenters. The van der Waals surface area contributed by atoms with Gasteiger partial charge in [0.2, 0.25) is 0 Å². The molecule has 3 atom stereocenters. The molecule has 0 spiro atoms. The van der Waals surface area contributed by atoms with Crippen molar-refractivity contribution in [3.63, 3.8) is 0 Å². The zero-order valence-corrected chi connectivity index (χ0v) is 12.9. The molecule has 0 saturated heterocycles. The molecule has 0 radical (unpaired) electrons. The Bertz CT molecular complexity index is 258. The zero-order valence-electron chi connectivity index (χ0n) is 12.9. The van der Waals surface area contributed by atoms with Crippen LogP contribution in [0.3, 0.4) is 0 Å². The van der Waals surface area contributed by atoms with E-state index < -0.39 is 0 Å². The third-order valence-corrected chi connectivity index (χ3v) is 4.47. The lowest BCUT2D eigenvalue weighted by Crippen LogP contribution is -2.31. The van der Waals surface area contributed by atoms with Crippen LogP contribution in [0.2, 0.25) is 0 Å². The van der Waals surface area contributed by atoms with E-state index >= 15 is 0 Å². The average Bonchev–Trinajstić information content (AvgIpc) is 2.46. The third-order valence-electron chi connectivity index (χ3n) is 4.47. The molecule has 2 heteroatoms. The molecule has 0 aliphatic heterocycles. The predicted molar refractivity (Wildman–Crippen MR) is 79.9 cm³/mol. The molecule has 0 aromatic carbocycles. The summed E-state index contributed by atoms with van der Waals surface area (Å²) < 4.78 is 6.00. The summed E-state index contributed by atoms with van der Waals surface area (Å²) in [6, 6.07) is 2.44. The van der Waals surface area contributed by atoms with Crippen LogP contribution in [-0.2, 0) is 4.74 Å². The molecule has 2 nitrogen and oxygen atoms in total. The molecule has 0 aromatic rings. The van der Waals surface area contributed by atoms with Gasteiger partial charge in [-0.1, -0.05) is 52.4 Å². The van der Waals surface area contributed by atoms with Gasteiger partial charge in [-0.2, -0.15) is 5.26 Å². The van der Waals surface area contributed by atoms with Crippen molar-refractivity contribution in [2.75, 3.05) is 6.61 Å². The van der Waals surface area contributed by atoms with E-state index in [2.05, 4.69) is 19.9 Å². The van der Waals surface area contributed by atoms with Gasteiger partial charge < -0.3 is 4.74 Å². The van der Waals surface area contributed by atoms with Crippen molar-refractivity contribution in [2.24, 2.45) is 11.8 Å². The molecule has 0 bridgehead atoms. The molecule has 19 heavy (non-hydrogen) atoms. The molecule has 0 aromatic heterocycles. The Balaban J connectivity index is 2.13. The second-order valence-electron chi connectivity index (χ2n) is 6.00. The van der Waals surface area contributed by atoms with Gasteiger partial charge in [0.1, 0.15) is 0 Å². The number of nitriles is 1. The van der Waals surface area contributed by atoms with Gasteiger partial charge in [0.25, 0.3) is 0 Å². The standard InChI is InChI=1S/C17H31NO/c1-3-5-6-7-8-9-12-19-17-13-15(4-2)10-11-16(17)14-18/h15-17H,3-13H2,1-2H3. The van der Waals surface area contributed by atoms with Gasteiger partial charge in [-0.05, 0) is 31.6 Å². The molecule has 1 aliphatic carbocycles. The first-order valence-electron chi connectivity index (χ1n) is 8.33. The SMILES string of the molecule is CCCCCCCCOC1CC(CC)CCC1C#N. The second-order valence-corrected chi connectivity index (χ2v) is 6.00. The lowest BCUT2D eigenvalue weighted by molar-refractivity contribution is -0.0116. The maximum absolute atomic E-state index is 9.19. The van der Waals surface area contributed by atoms with Gasteiger partial charge in [0.15, 0.2) is 0 Å². The van der Waals surface area contributed by atoms with Crippen molar-refractivity contribution in [1.82, 2.24) is 0 Å². The lowest BCUT2D eigenvalue weighted by Gasteiger charge is -2.32. The molecule has 1 saturated carbocycles. The maximum atomic E-state index is 9.19. The van der Waals surface area contributed by atoms with Gasteiger partial charge in [-0.3, -0.25) is 0 Å². The lowest BCUT2D eigenvalue weighted by atomic mass is 9.79. The summed E-state index contributed by atoms with van der Waals surface area (Å²) in [7, 11) is 0. The Labute approximate surface area is 119 Å². The monoisotopic (exact) mass is 265 g/mol. The van der Waals surface area contributed by atoms with Crippen molar-refractivity contribution in [3.8, 4) is 6.07 Å². The third kappa shape index (κ3) is 6.43. The van der Waals surface area contributed by atoms with Gasteiger partial charge in [0.05, 0.1) is 18.1 Å². The molecular formula is C17H31NO. The Morgan fingerprint density at radius 2 is 1.79 bits per heavy atom. The topological polar surface area (TPSA) is 33.0 Å². The minimum Gasteiger partial charge on any atom is -0.377 e. The number of nitrogens with zero attached hydrogens (tertiary/aromatic N) is 1. The Kier molecular flexibility index (Phi) is 8.91. The van der Waals surface area contributed by atoms with Gasteiger partial charge in [-0.15, -0.1) is 0 Å². The van der Waals surface area contributed by atoms with E-state index in [9.17, 15) is 5.26 Å². The molecule has 1 fully saturated rings. The van der Waals surface area contributed by atoms with Crippen molar-refractivity contribution < 1.29 is 4.74 Å². The molecule has 0 amide bonds. The van der Waals surface area contributed by atoms with Crippen LogP contribution in [0.4, 0.5) is 0 Å². The fraction of sp³-hybridized carbons (Fsp3) is 0.941. The van der Waals surface area contributed by atoms with E-state index in [0.29, 0.717) is 0 Å². The Morgan fingerprint density at radius 1 is 1.05 bits per heavy atom. The molecular weight excluding hydrogens is 234 g/mol. The minimum absolute atomic E-state index is 0.142. The van der Waals surface area contributed by atoms with Gasteiger partial charge in [0, 0.05) is 6.61 Å². The largest absolute Gasteiger partial charge is 0.377 e. The normalized spacial score (nSPS) is 27.1. The van der Waals surface area contributed by atoms with Crippen LogP contribution < -0.4 is 0 Å². The summed E-state index contributed by atoms with van der Waals surface area (Å²) >= 11 is 0. The van der Waals surface area contributed by atoms with Crippen molar-refractivity contribution in [2.45, 2.75) is 84.2 Å². The molecule has 110 valence electrons. The van der Waals surface area contributed by atoms with E-state index in [0.717, 1.165) is 31.8 Å². The highest BCUT2D eigenvalue weighted by atomic mass is 16.5. The van der Waals surface area contributed by atoms with E-state index in [4.69, 9.17) is 4.74 Å². The van der Waals surface area contributed by atoms with Crippen LogP contribution in [0.5, 0.6) is 0 Å². The maximum Gasteiger partial charge on any atom is 0.0735 e. The van der Waals surface area contributed by atoms with E-state index in [-0.39, 0.29) is 12.0 Å². The summed E-state index contributed by atoms with van der Waals surface area (Å²) in [5.41, 5.74) is 0. The highest BCUT2D eigenvalue weighted by Gasteiger charge is 2.30. The van der Waals surface area contributed by atoms with Crippen LogP contribution in [-0.4, -0.2) is 12.7 Å². The number of hydrogen-bond acceptors (Lipinski definition) is 2. The van der Waals surface area contributed by atoms with Crippen molar-refractivity contribution in [3.05, 3.63) is 0 Å². The number of unbranched alkanes of at least 4 members (excludes halogenated alkanes) is 5. The predicted octanol–water partition coefficient (Wildman–Crippen LogP) is 5.08. The molecule has 1 rings (SSSR count). The first kappa shape index (κ1) is 16.5. The minimum atomic E-state index is 0.142. The summed E-state index contributed by atoms with van der Waals surface area (Å²) in [5, 5.41) is 9.19. The van der Waals surface area contributed by atoms with Crippen LogP contribution >= 0.6 is 0 Å². The van der Waals surface area contributed by atoms with Crippen molar-refractivity contribution >= 4 is 0 Å². The zero-order chi connectivity index (χ0) is 13.9. The average molecular weight is 265 g/mol. The first-order valence-corrected chi connectivity index (χ1v) is 8.33. The van der Waals surface area contributed by atoms with Gasteiger partial charge >= 0.3 is 0 Å². The smallest absolute Gasteiger partial charge is 0.0735 e. The number of rotatable bonds is 9. The van der Waals surface area contributed by atoms with Crippen LogP contribution in [0, 0.1) is 23.2 Å². The number of hydrogen-bond donors (Lipinski definition) is 0. The van der Waals surface area contributed by atoms with Crippen LogP contribution in [0.1, 0.15) is 78.1 Å². The first-order chi connectivity index (χ1) is 9.31. The van der Waals surface area contributed by atoms with E-state index in [1.807, 2.05) is 0 Å².